The molecule has 0 unspecified atom stereocenters. The van der Waals surface area contributed by atoms with Crippen LogP contribution in [0.15, 0.2) is 24.3 Å². The number of hydrogen-bond acceptors (Lipinski definition) is 2. The van der Waals surface area contributed by atoms with Crippen LogP contribution in [0.1, 0.15) is 22.3 Å². The number of benzene rings is 2. The quantitative estimate of drug-likeness (QED) is 0.839. The Morgan fingerprint density at radius 2 is 1.89 bits per heavy atom. The van der Waals surface area contributed by atoms with E-state index >= 15 is 0 Å². The molecule has 0 saturated heterocycles. The summed E-state index contributed by atoms with van der Waals surface area (Å²) in [4.78, 5) is 0. The minimum absolute atomic E-state index is 0.366. The zero-order valence-electron chi connectivity index (χ0n) is 11.6. The molecule has 0 bridgehead atoms. The average molecular weight is 254 g/mol. The maximum Gasteiger partial charge on any atom is 0.122 e. The van der Waals surface area contributed by atoms with Gasteiger partial charge in [-0.2, -0.15) is 0 Å². The number of aryl methyl sites for hydroxylation is 2. The van der Waals surface area contributed by atoms with Crippen LogP contribution < -0.4 is 4.74 Å². The van der Waals surface area contributed by atoms with Gasteiger partial charge in [-0.1, -0.05) is 6.07 Å². The Balaban J connectivity index is 2.28. The van der Waals surface area contributed by atoms with E-state index in [9.17, 15) is 5.11 Å². The van der Waals surface area contributed by atoms with Crippen LogP contribution in [0.5, 0.6) is 11.5 Å². The molecule has 0 amide bonds. The number of aromatic hydroxyl groups is 1. The van der Waals surface area contributed by atoms with Crippen LogP contribution in [0.3, 0.4) is 0 Å². The first-order valence-corrected chi connectivity index (χ1v) is 6.61. The molecule has 0 saturated carbocycles. The average Bonchev–Trinajstić information content (AvgIpc) is 2.38. The van der Waals surface area contributed by atoms with Gasteiger partial charge in [0.25, 0.3) is 0 Å². The second-order valence-corrected chi connectivity index (χ2v) is 5.22. The van der Waals surface area contributed by atoms with Crippen molar-refractivity contribution in [1.29, 1.82) is 0 Å². The topological polar surface area (TPSA) is 29.5 Å². The molecule has 2 nitrogen and oxygen atoms in total. The molecule has 2 heteroatoms. The van der Waals surface area contributed by atoms with Crippen molar-refractivity contribution in [3.8, 4) is 22.6 Å². The van der Waals surface area contributed by atoms with E-state index < -0.39 is 0 Å². The predicted octanol–water partition coefficient (Wildman–Crippen LogP) is 3.78. The molecule has 98 valence electrons. The molecule has 0 heterocycles. The summed E-state index contributed by atoms with van der Waals surface area (Å²) in [5.74, 6) is 1.32. The lowest BCUT2D eigenvalue weighted by Gasteiger charge is -2.24. The van der Waals surface area contributed by atoms with Crippen molar-refractivity contribution in [2.75, 3.05) is 7.11 Å². The third-order valence-corrected chi connectivity index (χ3v) is 4.08. The molecular weight excluding hydrogens is 236 g/mol. The highest BCUT2D eigenvalue weighted by molar-refractivity contribution is 5.78. The highest BCUT2D eigenvalue weighted by Crippen LogP contribution is 2.41. The summed E-state index contributed by atoms with van der Waals surface area (Å²) in [7, 11) is 1.72. The van der Waals surface area contributed by atoms with Gasteiger partial charge in [0.1, 0.15) is 11.5 Å². The first kappa shape index (κ1) is 12.1. The molecule has 0 aliphatic heterocycles. The summed E-state index contributed by atoms with van der Waals surface area (Å²) in [6.45, 7) is 4.19. The SMILES string of the molecule is COc1ccc2c(c1C)CCc1cc(O)cc(C)c1-2. The van der Waals surface area contributed by atoms with E-state index in [2.05, 4.69) is 19.9 Å². The summed E-state index contributed by atoms with van der Waals surface area (Å²) >= 11 is 0. The largest absolute Gasteiger partial charge is 0.508 e. The zero-order valence-corrected chi connectivity index (χ0v) is 11.6. The smallest absolute Gasteiger partial charge is 0.122 e. The molecule has 2 aromatic rings. The van der Waals surface area contributed by atoms with E-state index in [-0.39, 0.29) is 0 Å². The maximum atomic E-state index is 9.73. The van der Waals surface area contributed by atoms with Gasteiger partial charge < -0.3 is 9.84 Å². The first-order chi connectivity index (χ1) is 9.11. The predicted molar refractivity (Wildman–Crippen MR) is 77.0 cm³/mol. The molecule has 1 aliphatic carbocycles. The minimum Gasteiger partial charge on any atom is -0.508 e. The monoisotopic (exact) mass is 254 g/mol. The van der Waals surface area contributed by atoms with Crippen LogP contribution >= 0.6 is 0 Å². The van der Waals surface area contributed by atoms with Crippen molar-refractivity contribution in [3.63, 3.8) is 0 Å². The van der Waals surface area contributed by atoms with Gasteiger partial charge in [-0.05, 0) is 78.3 Å². The second kappa shape index (κ2) is 4.30. The third kappa shape index (κ3) is 1.79. The van der Waals surface area contributed by atoms with Gasteiger partial charge in [-0.25, -0.2) is 0 Å². The normalized spacial score (nSPS) is 12.8. The van der Waals surface area contributed by atoms with Crippen molar-refractivity contribution in [1.82, 2.24) is 0 Å². The van der Waals surface area contributed by atoms with E-state index in [4.69, 9.17) is 4.74 Å². The number of methoxy groups -OCH3 is 1. The van der Waals surface area contributed by atoms with E-state index in [0.29, 0.717) is 5.75 Å². The summed E-state index contributed by atoms with van der Waals surface area (Å²) in [5, 5.41) is 9.73. The third-order valence-electron chi connectivity index (χ3n) is 4.08. The molecule has 2 aromatic carbocycles. The Morgan fingerprint density at radius 3 is 2.63 bits per heavy atom. The fourth-order valence-electron chi connectivity index (χ4n) is 3.19. The van der Waals surface area contributed by atoms with E-state index in [1.807, 2.05) is 18.2 Å². The first-order valence-electron chi connectivity index (χ1n) is 6.61. The number of fused-ring (bicyclic) bond motifs is 3. The molecule has 19 heavy (non-hydrogen) atoms. The van der Waals surface area contributed by atoms with Gasteiger partial charge in [-0.15, -0.1) is 0 Å². The molecule has 1 N–H and O–H groups in total. The number of hydrogen-bond donors (Lipinski definition) is 1. The van der Waals surface area contributed by atoms with Crippen LogP contribution in [-0.4, -0.2) is 12.2 Å². The van der Waals surface area contributed by atoms with Gasteiger partial charge in [-0.3, -0.25) is 0 Å². The Hall–Kier alpha value is -1.96. The lowest BCUT2D eigenvalue weighted by Crippen LogP contribution is -2.08. The maximum absolute atomic E-state index is 9.73. The molecule has 0 radical (unpaired) electrons. The molecule has 0 atom stereocenters. The van der Waals surface area contributed by atoms with Crippen LogP contribution in [0.2, 0.25) is 0 Å². The fourth-order valence-corrected chi connectivity index (χ4v) is 3.19. The number of rotatable bonds is 1. The van der Waals surface area contributed by atoms with E-state index in [0.717, 1.165) is 24.2 Å². The Bertz CT molecular complexity index is 657. The van der Waals surface area contributed by atoms with Crippen molar-refractivity contribution >= 4 is 0 Å². The number of phenols is 1. The lowest BCUT2D eigenvalue weighted by atomic mass is 9.81. The summed E-state index contributed by atoms with van der Waals surface area (Å²) in [6.07, 6.45) is 1.99. The second-order valence-electron chi connectivity index (χ2n) is 5.22. The van der Waals surface area contributed by atoms with Gasteiger partial charge in [0, 0.05) is 0 Å². The van der Waals surface area contributed by atoms with Crippen molar-refractivity contribution in [3.05, 3.63) is 46.5 Å². The number of ether oxygens (including phenoxy) is 1. The van der Waals surface area contributed by atoms with Crippen molar-refractivity contribution < 1.29 is 9.84 Å². The molecule has 1 aliphatic rings. The molecule has 0 aromatic heterocycles. The van der Waals surface area contributed by atoms with Crippen molar-refractivity contribution in [2.45, 2.75) is 26.7 Å². The lowest BCUT2D eigenvalue weighted by molar-refractivity contribution is 0.411. The fraction of sp³-hybridized carbons (Fsp3) is 0.294. The number of phenolic OH excluding ortho intramolecular Hbond substituents is 1. The van der Waals surface area contributed by atoms with Crippen LogP contribution in [-0.2, 0) is 12.8 Å². The van der Waals surface area contributed by atoms with Crippen LogP contribution in [0, 0.1) is 13.8 Å². The van der Waals surface area contributed by atoms with Gasteiger partial charge >= 0.3 is 0 Å². The van der Waals surface area contributed by atoms with Crippen LogP contribution in [0.25, 0.3) is 11.1 Å². The van der Waals surface area contributed by atoms with E-state index in [1.54, 1.807) is 7.11 Å². The standard InChI is InChI=1S/C17H18O2/c1-10-8-13(18)9-12-4-5-14-11(2)16(19-3)7-6-15(14)17(10)12/h6-9,18H,4-5H2,1-3H3. The summed E-state index contributed by atoms with van der Waals surface area (Å²) in [5.41, 5.74) is 7.57. The summed E-state index contributed by atoms with van der Waals surface area (Å²) < 4.78 is 5.41. The Labute approximate surface area is 113 Å². The van der Waals surface area contributed by atoms with Crippen molar-refractivity contribution in [2.24, 2.45) is 0 Å². The Morgan fingerprint density at radius 1 is 1.11 bits per heavy atom. The molecular formula is C17H18O2. The zero-order chi connectivity index (χ0) is 13.6. The van der Waals surface area contributed by atoms with Gasteiger partial charge in [0.2, 0.25) is 0 Å². The molecule has 0 fully saturated rings. The summed E-state index contributed by atoms with van der Waals surface area (Å²) in [6, 6.07) is 7.91. The highest BCUT2D eigenvalue weighted by atomic mass is 16.5. The highest BCUT2D eigenvalue weighted by Gasteiger charge is 2.21. The van der Waals surface area contributed by atoms with Crippen LogP contribution in [0.4, 0.5) is 0 Å². The minimum atomic E-state index is 0.366. The van der Waals surface area contributed by atoms with Gasteiger partial charge in [0.15, 0.2) is 0 Å². The van der Waals surface area contributed by atoms with Gasteiger partial charge in [0.05, 0.1) is 7.11 Å². The van der Waals surface area contributed by atoms with E-state index in [1.165, 1.54) is 27.8 Å². The molecule has 3 rings (SSSR count). The Kier molecular flexibility index (Phi) is 2.74. The molecule has 0 spiro atoms.